The molecule has 126 valence electrons. The molecule has 0 fully saturated rings. The lowest BCUT2D eigenvalue weighted by molar-refractivity contribution is -0.885. The van der Waals surface area contributed by atoms with Crippen molar-refractivity contribution in [2.75, 3.05) is 23.8 Å². The first-order valence-corrected chi connectivity index (χ1v) is 8.85. The minimum Gasteiger partial charge on any atom is -0.325 e. The van der Waals surface area contributed by atoms with E-state index < -0.39 is 5.54 Å². The lowest BCUT2D eigenvalue weighted by Gasteiger charge is -2.42. The summed E-state index contributed by atoms with van der Waals surface area (Å²) in [7, 11) is 2.00. The van der Waals surface area contributed by atoms with Gasteiger partial charge in [0.1, 0.15) is 12.1 Å². The molecular weight excluding hydrogens is 322 g/mol. The third-order valence-electron chi connectivity index (χ3n) is 4.27. The molecule has 2 amide bonds. The number of hydrogen-bond acceptors (Lipinski definition) is 3. The molecule has 1 atom stereocenters. The van der Waals surface area contributed by atoms with Gasteiger partial charge in [-0.15, -0.1) is 11.3 Å². The van der Waals surface area contributed by atoms with Crippen LogP contribution in [-0.4, -0.2) is 30.9 Å². The number of rotatable bonds is 4. The molecule has 24 heavy (non-hydrogen) atoms. The molecule has 2 heterocycles. The highest BCUT2D eigenvalue weighted by Gasteiger charge is 2.44. The summed E-state index contributed by atoms with van der Waals surface area (Å²) in [5.74, 6) is -0.207. The Morgan fingerprint density at radius 3 is 2.71 bits per heavy atom. The zero-order chi connectivity index (χ0) is 17.3. The maximum absolute atomic E-state index is 13.0. The number of benzene rings is 1. The van der Waals surface area contributed by atoms with Crippen LogP contribution >= 0.6 is 11.3 Å². The molecule has 2 aromatic rings. The Kier molecular flexibility index (Phi) is 4.43. The highest BCUT2D eigenvalue weighted by atomic mass is 32.1. The van der Waals surface area contributed by atoms with Crippen molar-refractivity contribution in [1.29, 1.82) is 0 Å². The van der Waals surface area contributed by atoms with Gasteiger partial charge in [-0.1, -0.05) is 18.2 Å². The van der Waals surface area contributed by atoms with Crippen LogP contribution in [0.1, 0.15) is 18.7 Å². The Hall–Kier alpha value is -2.18. The molecule has 0 aliphatic carbocycles. The van der Waals surface area contributed by atoms with Gasteiger partial charge in [0, 0.05) is 0 Å². The Labute approximate surface area is 145 Å². The summed E-state index contributed by atoms with van der Waals surface area (Å²) in [4.78, 5) is 29.4. The summed E-state index contributed by atoms with van der Waals surface area (Å²) in [6.45, 7) is 4.70. The SMILES string of the molecule is C[NH+](CC(=O)N1c2ccccc2NC(=O)C1(C)C)Cc1cccs1. The van der Waals surface area contributed by atoms with E-state index in [-0.39, 0.29) is 11.8 Å². The van der Waals surface area contributed by atoms with E-state index in [2.05, 4.69) is 11.4 Å². The van der Waals surface area contributed by atoms with Crippen molar-refractivity contribution in [2.24, 2.45) is 0 Å². The quantitative estimate of drug-likeness (QED) is 0.884. The average molecular weight is 344 g/mol. The maximum Gasteiger partial charge on any atom is 0.283 e. The molecule has 0 spiro atoms. The number of para-hydroxylation sites is 2. The Bertz CT molecular complexity index is 755. The molecule has 1 unspecified atom stereocenters. The van der Waals surface area contributed by atoms with Crippen molar-refractivity contribution in [3.63, 3.8) is 0 Å². The number of hydrogen-bond donors (Lipinski definition) is 2. The monoisotopic (exact) mass is 344 g/mol. The second kappa shape index (κ2) is 6.37. The van der Waals surface area contributed by atoms with Gasteiger partial charge in [-0.2, -0.15) is 0 Å². The molecule has 2 N–H and O–H groups in total. The summed E-state index contributed by atoms with van der Waals surface area (Å²) in [5, 5.41) is 4.93. The van der Waals surface area contributed by atoms with Gasteiger partial charge < -0.3 is 10.2 Å². The molecular formula is C18H22N3O2S+. The van der Waals surface area contributed by atoms with Crippen LogP contribution in [0.2, 0.25) is 0 Å². The summed E-state index contributed by atoms with van der Waals surface area (Å²) in [6, 6.07) is 11.5. The van der Waals surface area contributed by atoms with E-state index in [1.165, 1.54) is 4.88 Å². The number of carbonyl (C=O) groups is 2. The van der Waals surface area contributed by atoms with Gasteiger partial charge in [0.2, 0.25) is 5.91 Å². The average Bonchev–Trinajstić information content (AvgIpc) is 3.00. The topological polar surface area (TPSA) is 53.9 Å². The van der Waals surface area contributed by atoms with Crippen molar-refractivity contribution < 1.29 is 14.5 Å². The molecule has 0 radical (unpaired) electrons. The van der Waals surface area contributed by atoms with Crippen LogP contribution in [0, 0.1) is 0 Å². The Morgan fingerprint density at radius 2 is 2.00 bits per heavy atom. The van der Waals surface area contributed by atoms with E-state index in [4.69, 9.17) is 0 Å². The highest BCUT2D eigenvalue weighted by molar-refractivity contribution is 7.09. The van der Waals surface area contributed by atoms with E-state index >= 15 is 0 Å². The second-order valence-corrected chi connectivity index (χ2v) is 7.68. The lowest BCUT2D eigenvalue weighted by Crippen LogP contribution is -3.09. The number of fused-ring (bicyclic) bond motifs is 1. The molecule has 0 bridgehead atoms. The van der Waals surface area contributed by atoms with Crippen LogP contribution in [0.5, 0.6) is 0 Å². The summed E-state index contributed by atoms with van der Waals surface area (Å²) >= 11 is 1.69. The molecule has 0 saturated heterocycles. The standard InChI is InChI=1S/C18H21N3O2S/c1-18(2)17(23)19-14-8-4-5-9-15(14)21(18)16(22)12-20(3)11-13-7-6-10-24-13/h4-10H,11-12H2,1-3H3,(H,19,23)/p+1. The van der Waals surface area contributed by atoms with E-state index in [0.29, 0.717) is 12.2 Å². The number of carbonyl (C=O) groups excluding carboxylic acids is 2. The molecule has 1 aromatic heterocycles. The Morgan fingerprint density at radius 1 is 1.25 bits per heavy atom. The summed E-state index contributed by atoms with van der Waals surface area (Å²) < 4.78 is 0. The zero-order valence-corrected chi connectivity index (χ0v) is 14.9. The first kappa shape index (κ1) is 16.7. The van der Waals surface area contributed by atoms with E-state index in [0.717, 1.165) is 17.1 Å². The van der Waals surface area contributed by atoms with Gasteiger partial charge >= 0.3 is 0 Å². The van der Waals surface area contributed by atoms with Crippen LogP contribution in [0.25, 0.3) is 0 Å². The van der Waals surface area contributed by atoms with Crippen LogP contribution in [0.3, 0.4) is 0 Å². The second-order valence-electron chi connectivity index (χ2n) is 6.65. The fourth-order valence-corrected chi connectivity index (χ4v) is 3.83. The zero-order valence-electron chi connectivity index (χ0n) is 14.1. The molecule has 0 saturated carbocycles. The van der Waals surface area contributed by atoms with Crippen molar-refractivity contribution in [3.8, 4) is 0 Å². The number of quaternary nitrogens is 1. The van der Waals surface area contributed by atoms with Crippen LogP contribution in [0.4, 0.5) is 11.4 Å². The minimum atomic E-state index is -0.908. The molecule has 1 aromatic carbocycles. The van der Waals surface area contributed by atoms with Crippen molar-refractivity contribution in [2.45, 2.75) is 25.9 Å². The predicted octanol–water partition coefficient (Wildman–Crippen LogP) is 1.53. The Balaban J connectivity index is 1.83. The number of thiophene rings is 1. The molecule has 6 heteroatoms. The molecule has 1 aliphatic rings. The van der Waals surface area contributed by atoms with E-state index in [9.17, 15) is 9.59 Å². The number of nitrogens with one attached hydrogen (secondary N) is 2. The number of nitrogens with zero attached hydrogens (tertiary/aromatic N) is 1. The van der Waals surface area contributed by atoms with E-state index in [1.807, 2.05) is 42.8 Å². The van der Waals surface area contributed by atoms with Crippen molar-refractivity contribution >= 4 is 34.5 Å². The third-order valence-corrected chi connectivity index (χ3v) is 5.14. The number of amides is 2. The molecule has 3 rings (SSSR count). The third kappa shape index (κ3) is 3.07. The van der Waals surface area contributed by atoms with Gasteiger partial charge in [-0.25, -0.2) is 0 Å². The summed E-state index contributed by atoms with van der Waals surface area (Å²) in [6.07, 6.45) is 0. The lowest BCUT2D eigenvalue weighted by atomic mass is 9.96. The highest BCUT2D eigenvalue weighted by Crippen LogP contribution is 2.36. The molecule has 5 nitrogen and oxygen atoms in total. The van der Waals surface area contributed by atoms with Crippen molar-refractivity contribution in [3.05, 3.63) is 46.7 Å². The van der Waals surface area contributed by atoms with Gasteiger partial charge in [-0.05, 0) is 37.4 Å². The molecule has 1 aliphatic heterocycles. The largest absolute Gasteiger partial charge is 0.325 e. The fraction of sp³-hybridized carbons (Fsp3) is 0.333. The van der Waals surface area contributed by atoms with Crippen LogP contribution < -0.4 is 15.1 Å². The number of anilines is 2. The first-order valence-electron chi connectivity index (χ1n) is 7.97. The van der Waals surface area contributed by atoms with Crippen LogP contribution in [0.15, 0.2) is 41.8 Å². The number of likely N-dealkylation sites (N-methyl/N-ethyl adjacent to an activating group) is 1. The van der Waals surface area contributed by atoms with Crippen LogP contribution in [-0.2, 0) is 16.1 Å². The van der Waals surface area contributed by atoms with Gasteiger partial charge in [-0.3, -0.25) is 14.5 Å². The van der Waals surface area contributed by atoms with Crippen molar-refractivity contribution in [1.82, 2.24) is 0 Å². The van der Waals surface area contributed by atoms with Gasteiger partial charge in [0.15, 0.2) is 6.54 Å². The smallest absolute Gasteiger partial charge is 0.283 e. The summed E-state index contributed by atoms with van der Waals surface area (Å²) in [5.41, 5.74) is 0.538. The normalized spacial score (nSPS) is 17.1. The first-order chi connectivity index (χ1) is 11.4. The maximum atomic E-state index is 13.0. The fourth-order valence-electron chi connectivity index (χ4n) is 3.01. The minimum absolute atomic E-state index is 0.0450. The van der Waals surface area contributed by atoms with Gasteiger partial charge in [0.05, 0.1) is 23.3 Å². The van der Waals surface area contributed by atoms with Gasteiger partial charge in [0.25, 0.3) is 5.91 Å². The predicted molar refractivity (Wildman–Crippen MR) is 96.4 cm³/mol. The van der Waals surface area contributed by atoms with E-state index in [1.54, 1.807) is 30.1 Å².